The summed E-state index contributed by atoms with van der Waals surface area (Å²) in [6.07, 6.45) is 3.04. The van der Waals surface area contributed by atoms with E-state index in [1.165, 1.54) is 6.08 Å². The minimum absolute atomic E-state index is 0.0397. The maximum absolute atomic E-state index is 11.9. The van der Waals surface area contributed by atoms with Gasteiger partial charge in [-0.05, 0) is 48.4 Å². The van der Waals surface area contributed by atoms with Crippen LogP contribution >= 0.6 is 0 Å². The fourth-order valence-corrected chi connectivity index (χ4v) is 2.05. The minimum Gasteiger partial charge on any atom is -0.506 e. The number of carbonyl (C=O) groups excluding carboxylic acids is 1. The van der Waals surface area contributed by atoms with Gasteiger partial charge < -0.3 is 19.9 Å². The molecule has 0 fully saturated rings. The third kappa shape index (κ3) is 4.26. The van der Waals surface area contributed by atoms with Crippen LogP contribution in [0, 0.1) is 6.92 Å². The van der Waals surface area contributed by atoms with Crippen molar-refractivity contribution in [1.29, 1.82) is 0 Å². The molecular weight excluding hydrogens is 294 g/mol. The molecule has 0 aliphatic heterocycles. The third-order valence-corrected chi connectivity index (χ3v) is 3.25. The molecular formula is C18H19NO4. The van der Waals surface area contributed by atoms with Gasteiger partial charge in [0.05, 0.1) is 19.9 Å². The van der Waals surface area contributed by atoms with Crippen LogP contribution in [0.2, 0.25) is 0 Å². The number of hydrogen-bond acceptors (Lipinski definition) is 4. The monoisotopic (exact) mass is 313 g/mol. The lowest BCUT2D eigenvalue weighted by Gasteiger charge is -2.08. The summed E-state index contributed by atoms with van der Waals surface area (Å²) in [5.74, 6) is 0.918. The summed E-state index contributed by atoms with van der Waals surface area (Å²) in [6, 6.07) is 10.4. The van der Waals surface area contributed by atoms with Crippen LogP contribution in [0.3, 0.4) is 0 Å². The van der Waals surface area contributed by atoms with Crippen LogP contribution in [0.4, 0.5) is 5.69 Å². The summed E-state index contributed by atoms with van der Waals surface area (Å²) >= 11 is 0. The Kier molecular flexibility index (Phi) is 5.25. The lowest BCUT2D eigenvalue weighted by atomic mass is 10.2. The summed E-state index contributed by atoms with van der Waals surface area (Å²) in [5.41, 5.74) is 2.09. The number of carbonyl (C=O) groups is 1. The number of methoxy groups -OCH3 is 2. The second kappa shape index (κ2) is 7.35. The number of hydrogen-bond donors (Lipinski definition) is 2. The minimum atomic E-state index is -0.334. The summed E-state index contributed by atoms with van der Waals surface area (Å²) in [6.45, 7) is 1.86. The van der Waals surface area contributed by atoms with E-state index in [4.69, 9.17) is 9.47 Å². The first-order valence-electron chi connectivity index (χ1n) is 7.04. The van der Waals surface area contributed by atoms with Gasteiger partial charge in [0.1, 0.15) is 5.75 Å². The highest BCUT2D eigenvalue weighted by atomic mass is 16.5. The zero-order valence-electron chi connectivity index (χ0n) is 13.3. The van der Waals surface area contributed by atoms with Gasteiger partial charge in [-0.15, -0.1) is 0 Å². The smallest absolute Gasteiger partial charge is 0.248 e. The predicted molar refractivity (Wildman–Crippen MR) is 90.1 cm³/mol. The topological polar surface area (TPSA) is 67.8 Å². The molecule has 2 aromatic rings. The predicted octanol–water partition coefficient (Wildman–Crippen LogP) is 3.37. The fraction of sp³-hybridized carbons (Fsp3) is 0.167. The van der Waals surface area contributed by atoms with Crippen LogP contribution in [-0.2, 0) is 4.79 Å². The normalized spacial score (nSPS) is 10.6. The number of nitrogens with one attached hydrogen (secondary N) is 1. The van der Waals surface area contributed by atoms with Crippen molar-refractivity contribution in [2.45, 2.75) is 6.92 Å². The molecule has 0 atom stereocenters. The number of phenols is 1. The van der Waals surface area contributed by atoms with Crippen molar-refractivity contribution in [3.63, 3.8) is 0 Å². The third-order valence-electron chi connectivity index (χ3n) is 3.25. The van der Waals surface area contributed by atoms with Gasteiger partial charge in [0, 0.05) is 6.08 Å². The van der Waals surface area contributed by atoms with Gasteiger partial charge in [-0.25, -0.2) is 0 Å². The molecule has 0 radical (unpaired) electrons. The first-order chi connectivity index (χ1) is 11.0. The molecule has 2 N–H and O–H groups in total. The maximum Gasteiger partial charge on any atom is 0.248 e. The highest BCUT2D eigenvalue weighted by Crippen LogP contribution is 2.28. The molecule has 5 heteroatoms. The largest absolute Gasteiger partial charge is 0.506 e. The molecule has 5 nitrogen and oxygen atoms in total. The molecule has 0 aliphatic carbocycles. The van der Waals surface area contributed by atoms with E-state index in [0.29, 0.717) is 17.2 Å². The molecule has 0 heterocycles. The quantitative estimate of drug-likeness (QED) is 0.656. The average Bonchev–Trinajstić information content (AvgIpc) is 2.55. The van der Waals surface area contributed by atoms with E-state index in [9.17, 15) is 9.90 Å². The van der Waals surface area contributed by atoms with Gasteiger partial charge in [0.2, 0.25) is 5.91 Å². The van der Waals surface area contributed by atoms with Crippen LogP contribution in [0.15, 0.2) is 42.5 Å². The van der Waals surface area contributed by atoms with Gasteiger partial charge in [0.25, 0.3) is 0 Å². The van der Waals surface area contributed by atoms with Gasteiger partial charge >= 0.3 is 0 Å². The summed E-state index contributed by atoms with van der Waals surface area (Å²) in [7, 11) is 3.12. The first kappa shape index (κ1) is 16.4. The number of aromatic hydroxyl groups is 1. The van der Waals surface area contributed by atoms with Crippen LogP contribution in [-0.4, -0.2) is 25.2 Å². The van der Waals surface area contributed by atoms with Crippen LogP contribution in [0.25, 0.3) is 6.08 Å². The Hall–Kier alpha value is -2.95. The van der Waals surface area contributed by atoms with Crippen molar-refractivity contribution >= 4 is 17.7 Å². The summed E-state index contributed by atoms with van der Waals surface area (Å²) in [5, 5.41) is 12.4. The highest BCUT2D eigenvalue weighted by Gasteiger charge is 2.05. The zero-order chi connectivity index (χ0) is 16.8. The zero-order valence-corrected chi connectivity index (χ0v) is 13.3. The van der Waals surface area contributed by atoms with Gasteiger partial charge in [-0.3, -0.25) is 4.79 Å². The fourth-order valence-electron chi connectivity index (χ4n) is 2.05. The Morgan fingerprint density at radius 1 is 1.09 bits per heavy atom. The Morgan fingerprint density at radius 3 is 2.48 bits per heavy atom. The molecule has 0 saturated heterocycles. The molecule has 1 amide bonds. The number of aryl methyl sites for hydroxylation is 1. The number of rotatable bonds is 5. The van der Waals surface area contributed by atoms with Crippen molar-refractivity contribution in [2.24, 2.45) is 0 Å². The van der Waals surface area contributed by atoms with Crippen molar-refractivity contribution in [3.8, 4) is 17.2 Å². The summed E-state index contributed by atoms with van der Waals surface area (Å²) < 4.78 is 10.4. The van der Waals surface area contributed by atoms with E-state index >= 15 is 0 Å². The first-order valence-corrected chi connectivity index (χ1v) is 7.04. The van der Waals surface area contributed by atoms with E-state index in [2.05, 4.69) is 5.32 Å². The van der Waals surface area contributed by atoms with Crippen LogP contribution < -0.4 is 14.8 Å². The molecule has 0 aromatic heterocycles. The van der Waals surface area contributed by atoms with Crippen molar-refractivity contribution in [2.75, 3.05) is 19.5 Å². The molecule has 0 aliphatic rings. The Labute approximate surface area is 135 Å². The number of ether oxygens (including phenoxy) is 2. The molecule has 0 spiro atoms. The van der Waals surface area contributed by atoms with E-state index in [1.54, 1.807) is 44.6 Å². The van der Waals surface area contributed by atoms with Crippen molar-refractivity contribution < 1.29 is 19.4 Å². The Morgan fingerprint density at radius 2 is 1.83 bits per heavy atom. The molecule has 0 saturated carbocycles. The van der Waals surface area contributed by atoms with Crippen molar-refractivity contribution in [3.05, 3.63) is 53.6 Å². The van der Waals surface area contributed by atoms with E-state index in [1.807, 2.05) is 19.1 Å². The summed E-state index contributed by atoms with van der Waals surface area (Å²) in [4.78, 5) is 11.9. The molecule has 23 heavy (non-hydrogen) atoms. The number of phenolic OH excluding ortho intramolecular Hbond substituents is 1. The number of anilines is 1. The van der Waals surface area contributed by atoms with Crippen molar-refractivity contribution in [1.82, 2.24) is 0 Å². The maximum atomic E-state index is 11.9. The molecule has 2 aromatic carbocycles. The SMILES string of the molecule is COc1ccc(/C=C/C(=O)Nc2ccc(C)cc2O)cc1OC. The molecule has 120 valence electrons. The lowest BCUT2D eigenvalue weighted by Crippen LogP contribution is -2.07. The molecule has 0 bridgehead atoms. The lowest BCUT2D eigenvalue weighted by molar-refractivity contribution is -0.111. The number of benzene rings is 2. The van der Waals surface area contributed by atoms with E-state index in [-0.39, 0.29) is 11.7 Å². The van der Waals surface area contributed by atoms with Crippen LogP contribution in [0.5, 0.6) is 17.2 Å². The second-order valence-electron chi connectivity index (χ2n) is 4.96. The molecule has 2 rings (SSSR count). The standard InChI is InChI=1S/C18H19NO4/c1-12-4-7-14(15(20)10-12)19-18(21)9-6-13-5-8-16(22-2)17(11-13)23-3/h4-11,20H,1-3H3,(H,19,21)/b9-6+. The van der Waals surface area contributed by atoms with Gasteiger partial charge in [-0.1, -0.05) is 12.1 Å². The van der Waals surface area contributed by atoms with E-state index in [0.717, 1.165) is 11.1 Å². The van der Waals surface area contributed by atoms with Crippen LogP contribution in [0.1, 0.15) is 11.1 Å². The van der Waals surface area contributed by atoms with Gasteiger partial charge in [-0.2, -0.15) is 0 Å². The second-order valence-corrected chi connectivity index (χ2v) is 4.96. The Bertz CT molecular complexity index is 738. The van der Waals surface area contributed by atoms with E-state index < -0.39 is 0 Å². The highest BCUT2D eigenvalue weighted by molar-refractivity contribution is 6.02. The number of amides is 1. The van der Waals surface area contributed by atoms with Gasteiger partial charge in [0.15, 0.2) is 11.5 Å². The Balaban J connectivity index is 2.09. The molecule has 0 unspecified atom stereocenters. The average molecular weight is 313 g/mol.